The average Bonchev–Trinajstić information content (AvgIpc) is 3.45. The van der Waals surface area contributed by atoms with E-state index in [0.29, 0.717) is 0 Å². The molecular formula is C22H14N2O2S2. The van der Waals surface area contributed by atoms with Crippen LogP contribution >= 0.6 is 22.7 Å². The van der Waals surface area contributed by atoms with Gasteiger partial charge in [-0.05, 0) is 50.2 Å². The SMILES string of the molecule is Cc1ccc(-c2nc3ccc4c(ccc5nc(-c6ccc(C)o6)sc54)c3s2)o1. The summed E-state index contributed by atoms with van der Waals surface area (Å²) in [5.74, 6) is 3.43. The molecule has 4 heterocycles. The molecule has 2 aromatic carbocycles. The number of aryl methyl sites for hydroxylation is 2. The van der Waals surface area contributed by atoms with Crippen LogP contribution in [0.1, 0.15) is 11.5 Å². The van der Waals surface area contributed by atoms with Gasteiger partial charge in [-0.1, -0.05) is 12.1 Å². The summed E-state index contributed by atoms with van der Waals surface area (Å²) >= 11 is 3.34. The second kappa shape index (κ2) is 5.77. The average molecular weight is 403 g/mol. The first-order chi connectivity index (χ1) is 13.7. The van der Waals surface area contributed by atoms with E-state index in [1.54, 1.807) is 22.7 Å². The van der Waals surface area contributed by atoms with Gasteiger partial charge in [-0.3, -0.25) is 0 Å². The molecule has 0 unspecified atom stereocenters. The summed E-state index contributed by atoms with van der Waals surface area (Å²) in [7, 11) is 0. The molecule has 0 amide bonds. The molecule has 0 saturated heterocycles. The second-order valence-electron chi connectivity index (χ2n) is 6.78. The number of fused-ring (bicyclic) bond motifs is 5. The number of aromatic nitrogens is 2. The molecule has 0 spiro atoms. The van der Waals surface area contributed by atoms with Gasteiger partial charge in [-0.2, -0.15) is 0 Å². The molecule has 0 fully saturated rings. The second-order valence-corrected chi connectivity index (χ2v) is 8.78. The number of rotatable bonds is 2. The Labute approximate surface area is 168 Å². The summed E-state index contributed by atoms with van der Waals surface area (Å²) in [6, 6.07) is 16.4. The third kappa shape index (κ3) is 2.35. The minimum absolute atomic E-state index is 0.821. The van der Waals surface area contributed by atoms with Gasteiger partial charge in [0.25, 0.3) is 0 Å². The van der Waals surface area contributed by atoms with Crippen molar-refractivity contribution in [3.8, 4) is 21.5 Å². The summed E-state index contributed by atoms with van der Waals surface area (Å²) in [5, 5.41) is 4.21. The highest BCUT2D eigenvalue weighted by Gasteiger charge is 2.16. The van der Waals surface area contributed by atoms with Crippen molar-refractivity contribution >= 4 is 53.9 Å². The quantitative estimate of drug-likeness (QED) is 0.307. The molecule has 0 radical (unpaired) electrons. The minimum Gasteiger partial charge on any atom is -0.459 e. The topological polar surface area (TPSA) is 52.1 Å². The Balaban J connectivity index is 1.58. The Kier molecular flexibility index (Phi) is 3.30. The molecule has 6 rings (SSSR count). The molecule has 0 atom stereocenters. The predicted molar refractivity (Wildman–Crippen MR) is 115 cm³/mol. The summed E-state index contributed by atoms with van der Waals surface area (Å²) in [4.78, 5) is 9.56. The number of hydrogen-bond donors (Lipinski definition) is 0. The monoisotopic (exact) mass is 402 g/mol. The van der Waals surface area contributed by atoms with Crippen molar-refractivity contribution in [3.63, 3.8) is 0 Å². The van der Waals surface area contributed by atoms with Crippen molar-refractivity contribution in [2.75, 3.05) is 0 Å². The fourth-order valence-corrected chi connectivity index (χ4v) is 5.59. The molecule has 0 aliphatic carbocycles. The fourth-order valence-electron chi connectivity index (χ4n) is 3.49. The Bertz CT molecular complexity index is 1390. The van der Waals surface area contributed by atoms with Crippen molar-refractivity contribution in [1.82, 2.24) is 9.97 Å². The molecule has 0 saturated carbocycles. The first kappa shape index (κ1) is 16.0. The van der Waals surface area contributed by atoms with Crippen LogP contribution in [0, 0.1) is 13.8 Å². The summed E-state index contributed by atoms with van der Waals surface area (Å²) < 4.78 is 13.9. The van der Waals surface area contributed by atoms with E-state index in [0.717, 1.165) is 44.1 Å². The molecular weight excluding hydrogens is 388 g/mol. The molecule has 0 aliphatic rings. The van der Waals surface area contributed by atoms with E-state index in [4.69, 9.17) is 18.8 Å². The van der Waals surface area contributed by atoms with Crippen LogP contribution in [0.4, 0.5) is 0 Å². The molecule has 0 N–H and O–H groups in total. The van der Waals surface area contributed by atoms with E-state index >= 15 is 0 Å². The van der Waals surface area contributed by atoms with E-state index in [-0.39, 0.29) is 0 Å². The van der Waals surface area contributed by atoms with Crippen LogP contribution in [0.25, 0.3) is 52.7 Å². The Hall–Kier alpha value is -2.96. The van der Waals surface area contributed by atoms with Crippen molar-refractivity contribution < 1.29 is 8.83 Å². The lowest BCUT2D eigenvalue weighted by Gasteiger charge is -1.99. The third-order valence-electron chi connectivity index (χ3n) is 4.80. The number of thiazole rings is 2. The van der Waals surface area contributed by atoms with Gasteiger partial charge in [0.15, 0.2) is 21.5 Å². The number of hydrogen-bond acceptors (Lipinski definition) is 6. The van der Waals surface area contributed by atoms with Crippen molar-refractivity contribution in [2.45, 2.75) is 13.8 Å². The zero-order valence-electron chi connectivity index (χ0n) is 15.1. The Morgan fingerprint density at radius 3 is 1.46 bits per heavy atom. The van der Waals surface area contributed by atoms with Gasteiger partial charge < -0.3 is 8.83 Å². The highest BCUT2D eigenvalue weighted by Crippen LogP contribution is 2.40. The maximum absolute atomic E-state index is 5.77. The van der Waals surface area contributed by atoms with Crippen molar-refractivity contribution in [2.24, 2.45) is 0 Å². The normalized spacial score (nSPS) is 11.9. The summed E-state index contributed by atoms with van der Waals surface area (Å²) in [6.45, 7) is 3.90. The standard InChI is InChI=1S/C22H14N2O2S2/c1-11-3-9-17(25-11)21-23-15-7-5-14-13(19(15)27-21)6-8-16-20(14)28-22(24-16)18-10-4-12(2)26-18/h3-10H,1-2H3. The van der Waals surface area contributed by atoms with Crippen molar-refractivity contribution in [1.29, 1.82) is 0 Å². The predicted octanol–water partition coefficient (Wildman–Crippen LogP) is 7.20. The van der Waals surface area contributed by atoms with Crippen LogP contribution in [0.15, 0.2) is 57.4 Å². The lowest BCUT2D eigenvalue weighted by molar-refractivity contribution is 0.547. The smallest absolute Gasteiger partial charge is 0.162 e. The van der Waals surface area contributed by atoms with E-state index in [9.17, 15) is 0 Å². The van der Waals surface area contributed by atoms with Crippen LogP contribution < -0.4 is 0 Å². The molecule has 6 aromatic rings. The van der Waals surface area contributed by atoms with Crippen LogP contribution in [0.5, 0.6) is 0 Å². The zero-order valence-corrected chi connectivity index (χ0v) is 16.8. The molecule has 4 aromatic heterocycles. The highest BCUT2D eigenvalue weighted by molar-refractivity contribution is 7.23. The molecule has 0 bridgehead atoms. The number of furan rings is 2. The first-order valence-electron chi connectivity index (χ1n) is 8.92. The van der Waals surface area contributed by atoms with Crippen LogP contribution in [0.3, 0.4) is 0 Å². The first-order valence-corrected chi connectivity index (χ1v) is 10.6. The molecule has 4 nitrogen and oxygen atoms in total. The van der Waals surface area contributed by atoms with Gasteiger partial charge >= 0.3 is 0 Å². The summed E-state index contributed by atoms with van der Waals surface area (Å²) in [5.41, 5.74) is 1.99. The lowest BCUT2D eigenvalue weighted by Crippen LogP contribution is -1.76. The number of nitrogens with zero attached hydrogens (tertiary/aromatic N) is 2. The number of benzene rings is 2. The van der Waals surface area contributed by atoms with E-state index in [1.165, 1.54) is 20.2 Å². The third-order valence-corrected chi connectivity index (χ3v) is 7.04. The summed E-state index contributed by atoms with van der Waals surface area (Å²) in [6.07, 6.45) is 0. The van der Waals surface area contributed by atoms with Gasteiger partial charge in [-0.25, -0.2) is 9.97 Å². The fraction of sp³-hybridized carbons (Fsp3) is 0.0909. The van der Waals surface area contributed by atoms with Crippen molar-refractivity contribution in [3.05, 3.63) is 60.1 Å². The lowest BCUT2D eigenvalue weighted by atomic mass is 10.1. The van der Waals surface area contributed by atoms with Gasteiger partial charge in [0, 0.05) is 10.8 Å². The maximum Gasteiger partial charge on any atom is 0.162 e. The highest BCUT2D eigenvalue weighted by atomic mass is 32.1. The van der Waals surface area contributed by atoms with E-state index < -0.39 is 0 Å². The zero-order chi connectivity index (χ0) is 18.8. The minimum atomic E-state index is 0.821. The largest absolute Gasteiger partial charge is 0.459 e. The van der Waals surface area contributed by atoms with Gasteiger partial charge in [-0.15, -0.1) is 22.7 Å². The molecule has 6 heteroatoms. The molecule has 136 valence electrons. The maximum atomic E-state index is 5.77. The van der Waals surface area contributed by atoms with Crippen LogP contribution in [0.2, 0.25) is 0 Å². The molecule has 28 heavy (non-hydrogen) atoms. The van der Waals surface area contributed by atoms with E-state index in [2.05, 4.69) is 24.3 Å². The van der Waals surface area contributed by atoms with Crippen LogP contribution in [-0.2, 0) is 0 Å². The van der Waals surface area contributed by atoms with Gasteiger partial charge in [0.2, 0.25) is 0 Å². The Morgan fingerprint density at radius 1 is 0.607 bits per heavy atom. The van der Waals surface area contributed by atoms with E-state index in [1.807, 2.05) is 38.1 Å². The van der Waals surface area contributed by atoms with Gasteiger partial charge in [0.1, 0.15) is 11.5 Å². The van der Waals surface area contributed by atoms with Crippen LogP contribution in [-0.4, -0.2) is 9.97 Å². The van der Waals surface area contributed by atoms with Gasteiger partial charge in [0.05, 0.1) is 20.4 Å². The molecule has 0 aliphatic heterocycles. The Morgan fingerprint density at radius 2 is 1.07 bits per heavy atom.